The van der Waals surface area contributed by atoms with E-state index in [1.807, 2.05) is 24.3 Å². The Hall–Kier alpha value is -4.13. The number of nitrogens with one attached hydrogen (secondary N) is 1. The van der Waals surface area contributed by atoms with Gasteiger partial charge in [-0.3, -0.25) is 0 Å². The molecule has 4 aromatic carbocycles. The lowest BCUT2D eigenvalue weighted by atomic mass is 9.43. The van der Waals surface area contributed by atoms with Crippen LogP contribution in [-0.4, -0.2) is 35.8 Å². The molecule has 0 saturated heterocycles. The first-order valence-corrected chi connectivity index (χ1v) is 23.3. The summed E-state index contributed by atoms with van der Waals surface area (Å²) in [6, 6.07) is 33.4. The maximum atomic E-state index is 13.0. The summed E-state index contributed by atoms with van der Waals surface area (Å²) in [4.78, 5) is 23.8. The van der Waals surface area contributed by atoms with Gasteiger partial charge < -0.3 is 20.5 Å². The molecule has 6 nitrogen and oxygen atoms in total. The number of nitrogens with two attached hydrogens (primary N) is 1. The van der Waals surface area contributed by atoms with Gasteiger partial charge in [-0.05, 0) is 155 Å². The predicted molar refractivity (Wildman–Crippen MR) is 244 cm³/mol. The second-order valence-corrected chi connectivity index (χ2v) is 22.9. The van der Waals surface area contributed by atoms with E-state index in [0.29, 0.717) is 28.3 Å². The monoisotopic (exact) mass is 838 g/mol. The number of halogens is 1. The molecule has 0 radical (unpaired) electrons. The molecule has 10 aliphatic carbocycles. The van der Waals surface area contributed by atoms with Gasteiger partial charge in [0.15, 0.2) is 0 Å². The van der Waals surface area contributed by atoms with Crippen LogP contribution in [-0.2, 0) is 9.47 Å². The standard InChI is InChI=1S/C27H31NO2.C15H11ClO2.C12H21N/c1-25-11-18-12-26(2,15-25)17-27(13-18,16-25)28-24(29)30-14-23-21-9-5-3-7-19(21)20-8-4-6-10-22(20)23;16-15(17)18-9-14-12-7-3-1-5-10(12)11-6-2-4-8-13(11)14;1-10-3-9-4-11(2,6-10)8-12(13,5-9)7-10/h3-10,18,23H,11-17H2,1-2H3,(H,28,29);1-8,14H,9H2;9H,3-8,13H2,1-2H3. The highest BCUT2D eigenvalue weighted by molar-refractivity contribution is 6.61. The third-order valence-corrected chi connectivity index (χ3v) is 16.4. The number of alkyl carbamates (subject to hydrolysis) is 1. The van der Waals surface area contributed by atoms with Crippen molar-refractivity contribution in [3.63, 3.8) is 0 Å². The second-order valence-electron chi connectivity index (χ2n) is 22.6. The van der Waals surface area contributed by atoms with Gasteiger partial charge in [-0.15, -0.1) is 0 Å². The van der Waals surface area contributed by atoms with Crippen LogP contribution < -0.4 is 11.1 Å². The lowest BCUT2D eigenvalue weighted by molar-refractivity contribution is -0.115. The number of fused-ring (bicyclic) bond motifs is 6. The molecule has 0 heterocycles. The second kappa shape index (κ2) is 14.7. The van der Waals surface area contributed by atoms with Crippen molar-refractivity contribution >= 4 is 23.1 Å². The summed E-state index contributed by atoms with van der Waals surface area (Å²) in [5, 5.41) is 3.39. The van der Waals surface area contributed by atoms with Gasteiger partial charge in [0, 0.05) is 34.5 Å². The van der Waals surface area contributed by atoms with Crippen molar-refractivity contribution < 1.29 is 19.1 Å². The molecule has 8 fully saturated rings. The van der Waals surface area contributed by atoms with Crippen LogP contribution in [0, 0.1) is 33.5 Å². The average molecular weight is 840 g/mol. The average Bonchev–Trinajstić information content (AvgIpc) is 3.65. The number of rotatable bonds is 5. The van der Waals surface area contributed by atoms with Crippen molar-refractivity contribution in [2.75, 3.05) is 13.2 Å². The number of hydrogen-bond acceptors (Lipinski definition) is 5. The van der Waals surface area contributed by atoms with Gasteiger partial charge in [0.1, 0.15) is 13.2 Å². The number of carbonyl (C=O) groups is 2. The number of ether oxygens (including phenoxy) is 2. The summed E-state index contributed by atoms with van der Waals surface area (Å²) < 4.78 is 10.9. The molecule has 61 heavy (non-hydrogen) atoms. The van der Waals surface area contributed by atoms with Gasteiger partial charge in [0.2, 0.25) is 0 Å². The van der Waals surface area contributed by atoms with E-state index in [4.69, 9.17) is 26.8 Å². The Morgan fingerprint density at radius 3 is 1.26 bits per heavy atom. The van der Waals surface area contributed by atoms with Crippen LogP contribution in [0.5, 0.6) is 0 Å². The van der Waals surface area contributed by atoms with Gasteiger partial charge in [0.25, 0.3) is 0 Å². The Balaban J connectivity index is 0.000000121. The fraction of sp³-hybridized carbons (Fsp3) is 0.519. The minimum absolute atomic E-state index is 0.0640. The first-order valence-electron chi connectivity index (χ1n) is 23.0. The van der Waals surface area contributed by atoms with Gasteiger partial charge >= 0.3 is 11.5 Å². The van der Waals surface area contributed by atoms with Crippen molar-refractivity contribution in [3.8, 4) is 22.3 Å². The van der Waals surface area contributed by atoms with Crippen LogP contribution in [0.1, 0.15) is 139 Å². The van der Waals surface area contributed by atoms with E-state index < -0.39 is 5.43 Å². The minimum atomic E-state index is -0.753. The highest BCUT2D eigenvalue weighted by atomic mass is 35.5. The van der Waals surface area contributed by atoms with Gasteiger partial charge in [-0.1, -0.05) is 125 Å². The molecule has 1 amide bonds. The lowest BCUT2D eigenvalue weighted by Gasteiger charge is -2.65. The van der Waals surface area contributed by atoms with Crippen molar-refractivity contribution in [2.24, 2.45) is 39.2 Å². The first kappa shape index (κ1) is 40.9. The molecule has 7 heteroatoms. The Bertz CT molecular complexity index is 2210. The van der Waals surface area contributed by atoms with E-state index in [0.717, 1.165) is 31.1 Å². The Kier molecular flexibility index (Phi) is 9.88. The molecule has 0 aliphatic heterocycles. The molecule has 320 valence electrons. The molecule has 14 rings (SSSR count). The SMILES string of the molecule is CC12CC3CC(C)(C1)CC(N)(C3)C2.CC12CC3CC(C)(C1)CC(NC(=O)OCC1c4ccccc4-c4ccccc41)(C3)C2.O=C(Cl)OCC1c2ccccc2-c2ccccc21. The van der Waals surface area contributed by atoms with Crippen LogP contribution in [0.2, 0.25) is 0 Å². The molecule has 10 aliphatic rings. The number of amides is 1. The first-order chi connectivity index (χ1) is 29.0. The number of hydrogen-bond donors (Lipinski definition) is 2. The van der Waals surface area contributed by atoms with E-state index in [9.17, 15) is 9.59 Å². The number of carbonyl (C=O) groups excluding carboxylic acids is 2. The molecule has 4 aromatic rings. The van der Waals surface area contributed by atoms with E-state index >= 15 is 0 Å². The summed E-state index contributed by atoms with van der Waals surface area (Å²) >= 11 is 5.25. The van der Waals surface area contributed by atoms with Crippen molar-refractivity contribution in [3.05, 3.63) is 119 Å². The highest BCUT2D eigenvalue weighted by Crippen LogP contribution is 2.67. The summed E-state index contributed by atoms with van der Waals surface area (Å²) in [7, 11) is 0. The Morgan fingerprint density at radius 1 is 0.541 bits per heavy atom. The quantitative estimate of drug-likeness (QED) is 0.195. The molecular weight excluding hydrogens is 776 g/mol. The van der Waals surface area contributed by atoms with E-state index in [2.05, 4.69) is 106 Å². The summed E-state index contributed by atoms with van der Waals surface area (Å²) in [5.74, 6) is 1.91. The molecule has 4 atom stereocenters. The topological polar surface area (TPSA) is 90.6 Å². The van der Waals surface area contributed by atoms with Gasteiger partial charge in [-0.25, -0.2) is 9.59 Å². The van der Waals surface area contributed by atoms with Crippen LogP contribution in [0.4, 0.5) is 9.59 Å². The van der Waals surface area contributed by atoms with E-state index in [1.165, 1.54) is 102 Å². The molecular formula is C54H63ClN2O4. The van der Waals surface area contributed by atoms with Crippen LogP contribution in [0.25, 0.3) is 22.3 Å². The molecule has 8 bridgehead atoms. The van der Waals surface area contributed by atoms with Crippen molar-refractivity contribution in [1.29, 1.82) is 0 Å². The van der Waals surface area contributed by atoms with Gasteiger partial charge in [0.05, 0.1) is 0 Å². The fourth-order valence-electron chi connectivity index (χ4n) is 16.6. The molecule has 8 saturated carbocycles. The molecule has 4 unspecified atom stereocenters. The van der Waals surface area contributed by atoms with E-state index in [1.54, 1.807) is 0 Å². The predicted octanol–water partition coefficient (Wildman–Crippen LogP) is 13.1. The van der Waals surface area contributed by atoms with Crippen molar-refractivity contribution in [2.45, 2.75) is 128 Å². The molecule has 3 N–H and O–H groups in total. The fourth-order valence-corrected chi connectivity index (χ4v) is 16.6. The van der Waals surface area contributed by atoms with Crippen molar-refractivity contribution in [1.82, 2.24) is 5.32 Å². The Morgan fingerprint density at radius 2 is 0.902 bits per heavy atom. The van der Waals surface area contributed by atoms with Crippen LogP contribution in [0.3, 0.4) is 0 Å². The smallest absolute Gasteiger partial charge is 0.407 e. The summed E-state index contributed by atoms with van der Waals surface area (Å²) in [5.41, 5.74) is 17.7. The zero-order chi connectivity index (χ0) is 42.4. The highest BCUT2D eigenvalue weighted by Gasteiger charge is 2.61. The van der Waals surface area contributed by atoms with E-state index in [-0.39, 0.29) is 35.6 Å². The normalized spacial score (nSPS) is 35.1. The third-order valence-electron chi connectivity index (χ3n) is 16.3. The maximum absolute atomic E-state index is 13.0. The maximum Gasteiger partial charge on any atom is 0.407 e. The summed E-state index contributed by atoms with van der Waals surface area (Å²) in [6.07, 6.45) is 15.4. The summed E-state index contributed by atoms with van der Waals surface area (Å²) in [6.45, 7) is 10.5. The zero-order valence-electron chi connectivity index (χ0n) is 36.5. The molecule has 0 aromatic heterocycles. The largest absolute Gasteiger partial charge is 0.453 e. The third kappa shape index (κ3) is 7.73. The molecule has 0 spiro atoms. The Labute approximate surface area is 367 Å². The zero-order valence-corrected chi connectivity index (χ0v) is 37.3. The minimum Gasteiger partial charge on any atom is -0.453 e. The van der Waals surface area contributed by atoms with Crippen LogP contribution >= 0.6 is 11.6 Å². The lowest BCUT2D eigenvalue weighted by Crippen LogP contribution is -2.65. The van der Waals surface area contributed by atoms with Gasteiger partial charge in [-0.2, -0.15) is 0 Å². The number of benzene rings is 4. The van der Waals surface area contributed by atoms with Crippen LogP contribution in [0.15, 0.2) is 97.1 Å².